The monoisotopic (exact) mass is 480 g/mol. The summed E-state index contributed by atoms with van der Waals surface area (Å²) in [6.07, 6.45) is 4.16. The fourth-order valence-corrected chi connectivity index (χ4v) is 5.89. The van der Waals surface area contributed by atoms with Crippen molar-refractivity contribution in [1.29, 1.82) is 0 Å². The molecule has 3 aromatic rings. The second-order valence-corrected chi connectivity index (χ2v) is 9.87. The Kier molecular flexibility index (Phi) is 6.17. The van der Waals surface area contributed by atoms with Gasteiger partial charge in [-0.3, -0.25) is 14.5 Å². The molecule has 1 atom stereocenters. The van der Waals surface area contributed by atoms with E-state index < -0.39 is 6.04 Å². The van der Waals surface area contributed by atoms with Gasteiger partial charge in [0.25, 0.3) is 0 Å². The number of carbonyl (C=O) groups is 2. The average molecular weight is 481 g/mol. The van der Waals surface area contributed by atoms with E-state index in [0.717, 1.165) is 47.7 Å². The molecule has 1 saturated carbocycles. The molecule has 0 spiro atoms. The Morgan fingerprint density at radius 1 is 1.06 bits per heavy atom. The van der Waals surface area contributed by atoms with Gasteiger partial charge >= 0.3 is 0 Å². The molecule has 5 rings (SSSR count). The predicted octanol–water partition coefficient (Wildman–Crippen LogP) is 5.07. The molecular formula is C25H25ClN4O2S. The van der Waals surface area contributed by atoms with Crippen LogP contribution in [0.2, 0.25) is 5.02 Å². The van der Waals surface area contributed by atoms with E-state index in [1.165, 1.54) is 11.8 Å². The van der Waals surface area contributed by atoms with E-state index in [0.29, 0.717) is 10.7 Å². The first-order chi connectivity index (χ1) is 16.0. The van der Waals surface area contributed by atoms with Crippen LogP contribution in [0.25, 0.3) is 5.69 Å². The molecule has 1 fully saturated rings. The summed E-state index contributed by atoms with van der Waals surface area (Å²) in [7, 11) is 0. The zero-order valence-corrected chi connectivity index (χ0v) is 19.9. The number of aromatic nitrogens is 2. The highest BCUT2D eigenvalue weighted by atomic mass is 35.5. The van der Waals surface area contributed by atoms with Gasteiger partial charge in [0.15, 0.2) is 0 Å². The average Bonchev–Trinajstić information content (AvgIpc) is 3.41. The Hall–Kier alpha value is -2.77. The number of anilines is 1. The number of para-hydroxylation sites is 1. The third-order valence-electron chi connectivity index (χ3n) is 6.25. The Morgan fingerprint density at radius 2 is 1.76 bits per heavy atom. The summed E-state index contributed by atoms with van der Waals surface area (Å²) in [4.78, 5) is 28.8. The lowest BCUT2D eigenvalue weighted by atomic mass is 10.0. The molecule has 2 aromatic carbocycles. The van der Waals surface area contributed by atoms with Crippen molar-refractivity contribution in [3.63, 3.8) is 0 Å². The van der Waals surface area contributed by atoms with Gasteiger partial charge in [-0.2, -0.15) is 5.10 Å². The van der Waals surface area contributed by atoms with E-state index in [2.05, 4.69) is 5.32 Å². The number of carbonyl (C=O) groups excluding carboxylic acids is 2. The standard InChI is InChI=1S/C25H25ClN4O2S/c1-16-22-23(24(32)27-18-7-5-6-8-18)29(19-13-11-17(26)12-14-19)21(31)15-33-25(22)30(28-16)20-9-3-2-4-10-20/h2-4,9-14,18,23H,5-8,15H2,1H3,(H,27,32)/t23-/m0/s1. The number of fused-ring (bicyclic) bond motifs is 1. The van der Waals surface area contributed by atoms with Crippen LogP contribution in [0.3, 0.4) is 0 Å². The fourth-order valence-electron chi connectivity index (χ4n) is 4.68. The van der Waals surface area contributed by atoms with Crippen LogP contribution in [0.1, 0.15) is 43.0 Å². The molecule has 6 nitrogen and oxygen atoms in total. The molecule has 0 radical (unpaired) electrons. The largest absolute Gasteiger partial charge is 0.351 e. The molecule has 8 heteroatoms. The van der Waals surface area contributed by atoms with Crippen molar-refractivity contribution in [3.05, 3.63) is 70.9 Å². The predicted molar refractivity (Wildman–Crippen MR) is 131 cm³/mol. The van der Waals surface area contributed by atoms with Crippen molar-refractivity contribution in [2.45, 2.75) is 49.7 Å². The summed E-state index contributed by atoms with van der Waals surface area (Å²) in [6, 6.07) is 16.2. The molecule has 0 saturated heterocycles. The molecule has 33 heavy (non-hydrogen) atoms. The van der Waals surface area contributed by atoms with Crippen LogP contribution < -0.4 is 10.2 Å². The number of thioether (sulfide) groups is 1. The number of rotatable bonds is 4. The maximum absolute atomic E-state index is 13.8. The number of halogens is 1. The highest BCUT2D eigenvalue weighted by Crippen LogP contribution is 2.41. The second kappa shape index (κ2) is 9.23. The van der Waals surface area contributed by atoms with Gasteiger partial charge < -0.3 is 5.32 Å². The van der Waals surface area contributed by atoms with Gasteiger partial charge in [0, 0.05) is 22.3 Å². The van der Waals surface area contributed by atoms with E-state index in [4.69, 9.17) is 16.7 Å². The summed E-state index contributed by atoms with van der Waals surface area (Å²) in [6.45, 7) is 1.91. The smallest absolute Gasteiger partial charge is 0.248 e. The molecule has 0 bridgehead atoms. The van der Waals surface area contributed by atoms with Crippen LogP contribution in [0.15, 0.2) is 59.6 Å². The SMILES string of the molecule is Cc1nn(-c2ccccc2)c2c1[C@@H](C(=O)NC1CCCC1)N(c1ccc(Cl)cc1)C(=O)CS2. The van der Waals surface area contributed by atoms with E-state index in [1.807, 2.05) is 41.9 Å². The van der Waals surface area contributed by atoms with Crippen LogP contribution >= 0.6 is 23.4 Å². The summed E-state index contributed by atoms with van der Waals surface area (Å²) in [5.41, 5.74) is 3.06. The lowest BCUT2D eigenvalue weighted by Gasteiger charge is -2.30. The Bertz CT molecular complexity index is 1170. The molecule has 2 amide bonds. The normalized spacial score (nSPS) is 18.8. The first-order valence-electron chi connectivity index (χ1n) is 11.2. The molecule has 1 aliphatic heterocycles. The van der Waals surface area contributed by atoms with Gasteiger partial charge in [0.05, 0.1) is 17.1 Å². The number of hydrogen-bond donors (Lipinski definition) is 1. The molecule has 1 N–H and O–H groups in total. The van der Waals surface area contributed by atoms with Crippen LogP contribution in [-0.4, -0.2) is 33.4 Å². The van der Waals surface area contributed by atoms with Gasteiger partial charge in [-0.15, -0.1) is 0 Å². The summed E-state index contributed by atoms with van der Waals surface area (Å²) < 4.78 is 1.85. The van der Waals surface area contributed by atoms with Gasteiger partial charge in [0.2, 0.25) is 11.8 Å². The molecule has 170 valence electrons. The molecule has 1 aliphatic carbocycles. The van der Waals surface area contributed by atoms with Crippen LogP contribution in [0.4, 0.5) is 5.69 Å². The number of nitrogens with one attached hydrogen (secondary N) is 1. The zero-order valence-electron chi connectivity index (χ0n) is 18.3. The molecular weight excluding hydrogens is 456 g/mol. The number of benzene rings is 2. The van der Waals surface area contributed by atoms with Crippen molar-refractivity contribution in [2.24, 2.45) is 0 Å². The van der Waals surface area contributed by atoms with Crippen LogP contribution in [0, 0.1) is 6.92 Å². The van der Waals surface area contributed by atoms with Gasteiger partial charge in [-0.25, -0.2) is 4.68 Å². The van der Waals surface area contributed by atoms with Crippen LogP contribution in [0.5, 0.6) is 0 Å². The topological polar surface area (TPSA) is 67.2 Å². The van der Waals surface area contributed by atoms with Crippen molar-refractivity contribution in [3.8, 4) is 5.69 Å². The third kappa shape index (κ3) is 4.27. The first-order valence-corrected chi connectivity index (χ1v) is 12.5. The van der Waals surface area contributed by atoms with Crippen LogP contribution in [-0.2, 0) is 9.59 Å². The Balaban J connectivity index is 1.65. The molecule has 0 unspecified atom stereocenters. The molecule has 2 heterocycles. The maximum atomic E-state index is 13.8. The van der Waals surface area contributed by atoms with Crippen molar-refractivity contribution < 1.29 is 9.59 Å². The summed E-state index contributed by atoms with van der Waals surface area (Å²) in [5.74, 6) is -0.0744. The second-order valence-electron chi connectivity index (χ2n) is 8.47. The molecule has 2 aliphatic rings. The van der Waals surface area contributed by atoms with E-state index >= 15 is 0 Å². The molecule has 1 aromatic heterocycles. The summed E-state index contributed by atoms with van der Waals surface area (Å²) in [5, 5.41) is 9.42. The quantitative estimate of drug-likeness (QED) is 0.566. The highest BCUT2D eigenvalue weighted by molar-refractivity contribution is 8.00. The van der Waals surface area contributed by atoms with Gasteiger partial charge in [-0.1, -0.05) is 54.4 Å². The number of nitrogens with zero attached hydrogens (tertiary/aromatic N) is 3. The lowest BCUT2D eigenvalue weighted by Crippen LogP contribution is -2.46. The van der Waals surface area contributed by atoms with E-state index in [9.17, 15) is 9.59 Å². The minimum absolute atomic E-state index is 0.121. The summed E-state index contributed by atoms with van der Waals surface area (Å²) >= 11 is 7.54. The lowest BCUT2D eigenvalue weighted by molar-refractivity contribution is -0.126. The van der Waals surface area contributed by atoms with Crippen molar-refractivity contribution in [1.82, 2.24) is 15.1 Å². The third-order valence-corrected chi connectivity index (χ3v) is 7.56. The first kappa shape index (κ1) is 22.0. The van der Waals surface area contributed by atoms with Crippen molar-refractivity contribution >= 4 is 40.9 Å². The minimum Gasteiger partial charge on any atom is -0.351 e. The zero-order chi connectivity index (χ0) is 22.9. The number of hydrogen-bond acceptors (Lipinski definition) is 4. The fraction of sp³-hybridized carbons (Fsp3) is 0.320. The van der Waals surface area contributed by atoms with Crippen molar-refractivity contribution in [2.75, 3.05) is 10.7 Å². The Morgan fingerprint density at radius 3 is 2.45 bits per heavy atom. The minimum atomic E-state index is -0.804. The highest BCUT2D eigenvalue weighted by Gasteiger charge is 2.41. The van der Waals surface area contributed by atoms with E-state index in [1.54, 1.807) is 29.2 Å². The van der Waals surface area contributed by atoms with Gasteiger partial charge in [0.1, 0.15) is 11.1 Å². The maximum Gasteiger partial charge on any atom is 0.248 e. The van der Waals surface area contributed by atoms with Gasteiger partial charge in [-0.05, 0) is 56.2 Å². The number of aryl methyl sites for hydroxylation is 1. The number of amides is 2. The van der Waals surface area contributed by atoms with E-state index in [-0.39, 0.29) is 23.6 Å². The Labute approximate surface area is 202 Å².